The maximum Gasteiger partial charge on any atom is 0.262 e. The second-order valence-corrected chi connectivity index (χ2v) is 6.04. The van der Waals surface area contributed by atoms with Gasteiger partial charge in [0.1, 0.15) is 18.7 Å². The Morgan fingerprint density at radius 1 is 1.28 bits per heavy atom. The molecule has 0 fully saturated rings. The van der Waals surface area contributed by atoms with Gasteiger partial charge >= 0.3 is 0 Å². The smallest absolute Gasteiger partial charge is 0.262 e. The van der Waals surface area contributed by atoms with Gasteiger partial charge in [-0.3, -0.25) is 10.2 Å². The molecule has 2 aromatic carbocycles. The number of nitrogens with one attached hydrogen (secondary N) is 1. The summed E-state index contributed by atoms with van der Waals surface area (Å²) in [7, 11) is 0. The predicted molar refractivity (Wildman–Crippen MR) is 98.2 cm³/mol. The fraction of sp³-hybridized carbons (Fsp3) is 0.0526. The van der Waals surface area contributed by atoms with Crippen LogP contribution in [0.15, 0.2) is 66.5 Å². The normalized spacial score (nSPS) is 13.4. The maximum absolute atomic E-state index is 12.2. The van der Waals surface area contributed by atoms with Crippen molar-refractivity contribution in [2.45, 2.75) is 0 Å². The van der Waals surface area contributed by atoms with Crippen LogP contribution in [-0.4, -0.2) is 22.2 Å². The first-order valence-electron chi connectivity index (χ1n) is 7.73. The van der Waals surface area contributed by atoms with Gasteiger partial charge in [0.2, 0.25) is 0 Å². The molecule has 5 nitrogen and oxygen atoms in total. The van der Waals surface area contributed by atoms with Crippen LogP contribution in [-0.2, 0) is 4.79 Å². The van der Waals surface area contributed by atoms with Crippen LogP contribution in [0.3, 0.4) is 0 Å². The Labute approximate surface area is 149 Å². The molecule has 25 heavy (non-hydrogen) atoms. The average Bonchev–Trinajstić information content (AvgIpc) is 3.02. The number of aromatic nitrogens is 2. The standard InChI is InChI=1S/C19H14ClN3O2/c20-15-6-7-18-14(10-15)9-13(11-25-18)5-8-19(24)22-23-12-21-16-3-1-2-4-17(16)23/h1-10,12H,11H2,(H,22,24)/b8-5+. The van der Waals surface area contributed by atoms with E-state index in [9.17, 15) is 4.79 Å². The van der Waals surface area contributed by atoms with Gasteiger partial charge < -0.3 is 4.74 Å². The van der Waals surface area contributed by atoms with Crippen molar-refractivity contribution in [1.82, 2.24) is 9.66 Å². The first-order valence-corrected chi connectivity index (χ1v) is 8.11. The minimum atomic E-state index is -0.249. The molecule has 4 rings (SSSR count). The van der Waals surface area contributed by atoms with E-state index in [1.165, 1.54) is 6.08 Å². The van der Waals surface area contributed by atoms with Gasteiger partial charge in [0, 0.05) is 16.7 Å². The fourth-order valence-corrected chi connectivity index (χ4v) is 2.83. The molecular weight excluding hydrogens is 338 g/mol. The molecule has 1 aliphatic rings. The lowest BCUT2D eigenvalue weighted by atomic mass is 10.1. The van der Waals surface area contributed by atoms with E-state index >= 15 is 0 Å². The summed E-state index contributed by atoms with van der Waals surface area (Å²) in [4.78, 5) is 16.4. The number of amides is 1. The van der Waals surface area contributed by atoms with E-state index in [2.05, 4.69) is 10.4 Å². The third-order valence-electron chi connectivity index (χ3n) is 3.84. The highest BCUT2D eigenvalue weighted by molar-refractivity contribution is 6.30. The number of benzene rings is 2. The molecule has 0 spiro atoms. The quantitative estimate of drug-likeness (QED) is 0.730. The Hall–Kier alpha value is -3.05. The van der Waals surface area contributed by atoms with Crippen LogP contribution >= 0.6 is 11.6 Å². The van der Waals surface area contributed by atoms with Gasteiger partial charge in [-0.15, -0.1) is 0 Å². The molecule has 0 atom stereocenters. The highest BCUT2D eigenvalue weighted by atomic mass is 35.5. The van der Waals surface area contributed by atoms with Gasteiger partial charge in [0.25, 0.3) is 5.91 Å². The SMILES string of the molecule is O=C(/C=C/C1=Cc2cc(Cl)ccc2OC1)Nn1cnc2ccccc21. The zero-order valence-electron chi connectivity index (χ0n) is 13.1. The Morgan fingerprint density at radius 3 is 3.08 bits per heavy atom. The minimum absolute atomic E-state index is 0.249. The molecular formula is C19H14ClN3O2. The van der Waals surface area contributed by atoms with Crippen molar-refractivity contribution in [1.29, 1.82) is 0 Å². The predicted octanol–water partition coefficient (Wildman–Crippen LogP) is 3.79. The topological polar surface area (TPSA) is 56.1 Å². The number of imidazole rings is 1. The molecule has 6 heteroatoms. The van der Waals surface area contributed by atoms with Crippen LogP contribution < -0.4 is 10.2 Å². The van der Waals surface area contributed by atoms with Crippen molar-refractivity contribution in [2.24, 2.45) is 0 Å². The van der Waals surface area contributed by atoms with Crippen molar-refractivity contribution in [3.8, 4) is 5.75 Å². The number of nitrogens with zero attached hydrogens (tertiary/aromatic N) is 2. The number of carbonyl (C=O) groups is 1. The maximum atomic E-state index is 12.2. The van der Waals surface area contributed by atoms with Crippen molar-refractivity contribution >= 4 is 34.6 Å². The number of rotatable bonds is 3. The second-order valence-electron chi connectivity index (χ2n) is 5.60. The number of carbonyl (C=O) groups excluding carboxylic acids is 1. The molecule has 0 aliphatic carbocycles. The molecule has 2 heterocycles. The third kappa shape index (κ3) is 3.27. The fourth-order valence-electron chi connectivity index (χ4n) is 2.65. The zero-order chi connectivity index (χ0) is 17.2. The van der Waals surface area contributed by atoms with Crippen molar-refractivity contribution in [3.05, 3.63) is 77.1 Å². The van der Waals surface area contributed by atoms with Crippen LogP contribution in [0.2, 0.25) is 5.02 Å². The first kappa shape index (κ1) is 15.5. The molecule has 1 amide bonds. The van der Waals surface area contributed by atoms with Crippen LogP contribution in [0.1, 0.15) is 5.56 Å². The summed E-state index contributed by atoms with van der Waals surface area (Å²) in [5.41, 5.74) is 6.23. The molecule has 0 bridgehead atoms. The molecule has 1 N–H and O–H groups in total. The molecule has 3 aromatic rings. The van der Waals surface area contributed by atoms with E-state index in [0.29, 0.717) is 11.6 Å². The largest absolute Gasteiger partial charge is 0.488 e. The van der Waals surface area contributed by atoms with E-state index in [1.807, 2.05) is 42.5 Å². The Bertz CT molecular complexity index is 1020. The second kappa shape index (κ2) is 6.45. The van der Waals surface area contributed by atoms with Crippen LogP contribution in [0.25, 0.3) is 17.1 Å². The Balaban J connectivity index is 1.49. The van der Waals surface area contributed by atoms with Gasteiger partial charge in [-0.25, -0.2) is 9.66 Å². The number of fused-ring (bicyclic) bond motifs is 2. The summed E-state index contributed by atoms with van der Waals surface area (Å²) in [5.74, 6) is 0.539. The summed E-state index contributed by atoms with van der Waals surface area (Å²) in [5, 5.41) is 0.647. The number of hydrogen-bond acceptors (Lipinski definition) is 3. The monoisotopic (exact) mass is 351 g/mol. The summed E-state index contributed by atoms with van der Waals surface area (Å²) in [6.07, 6.45) is 6.75. The molecule has 0 saturated heterocycles. The Morgan fingerprint density at radius 2 is 2.16 bits per heavy atom. The highest BCUT2D eigenvalue weighted by Crippen LogP contribution is 2.29. The lowest BCUT2D eigenvalue weighted by Crippen LogP contribution is -2.19. The highest BCUT2D eigenvalue weighted by Gasteiger charge is 2.10. The number of para-hydroxylation sites is 2. The summed E-state index contributed by atoms with van der Waals surface area (Å²) >= 11 is 6.00. The van der Waals surface area contributed by atoms with E-state index in [-0.39, 0.29) is 5.91 Å². The molecule has 0 radical (unpaired) electrons. The summed E-state index contributed by atoms with van der Waals surface area (Å²) < 4.78 is 7.26. The van der Waals surface area contributed by atoms with Crippen molar-refractivity contribution < 1.29 is 9.53 Å². The third-order valence-corrected chi connectivity index (χ3v) is 4.08. The zero-order valence-corrected chi connectivity index (χ0v) is 13.9. The van der Waals surface area contributed by atoms with E-state index in [1.54, 1.807) is 23.1 Å². The molecule has 1 aliphatic heterocycles. The summed E-state index contributed by atoms with van der Waals surface area (Å²) in [6, 6.07) is 13.0. The van der Waals surface area contributed by atoms with Gasteiger partial charge in [-0.1, -0.05) is 29.8 Å². The van der Waals surface area contributed by atoms with Gasteiger partial charge in [0.15, 0.2) is 0 Å². The number of ether oxygens (including phenoxy) is 1. The van der Waals surface area contributed by atoms with E-state index in [4.69, 9.17) is 16.3 Å². The van der Waals surface area contributed by atoms with Gasteiger partial charge in [0.05, 0.1) is 11.0 Å². The van der Waals surface area contributed by atoms with Crippen LogP contribution in [0, 0.1) is 0 Å². The van der Waals surface area contributed by atoms with Crippen molar-refractivity contribution in [3.63, 3.8) is 0 Å². The number of hydrogen-bond donors (Lipinski definition) is 1. The summed E-state index contributed by atoms with van der Waals surface area (Å²) in [6.45, 7) is 0.409. The molecule has 0 saturated carbocycles. The molecule has 124 valence electrons. The first-order chi connectivity index (χ1) is 12.2. The minimum Gasteiger partial charge on any atom is -0.488 e. The van der Waals surface area contributed by atoms with Crippen LogP contribution in [0.4, 0.5) is 0 Å². The number of halogens is 1. The molecule has 0 unspecified atom stereocenters. The Kier molecular flexibility index (Phi) is 3.99. The van der Waals surface area contributed by atoms with E-state index in [0.717, 1.165) is 27.9 Å². The van der Waals surface area contributed by atoms with Crippen LogP contribution in [0.5, 0.6) is 5.75 Å². The molecule has 1 aromatic heterocycles. The lowest BCUT2D eigenvalue weighted by molar-refractivity contribution is -0.112. The van der Waals surface area contributed by atoms with Crippen molar-refractivity contribution in [2.75, 3.05) is 12.0 Å². The van der Waals surface area contributed by atoms with Gasteiger partial charge in [-0.05, 0) is 42.0 Å². The van der Waals surface area contributed by atoms with Gasteiger partial charge in [-0.2, -0.15) is 0 Å². The lowest BCUT2D eigenvalue weighted by Gasteiger charge is -2.16. The van der Waals surface area contributed by atoms with E-state index < -0.39 is 0 Å². The average molecular weight is 352 g/mol.